The summed E-state index contributed by atoms with van der Waals surface area (Å²) in [5.41, 5.74) is 1.23. The number of hydrogen-bond donors (Lipinski definition) is 1. The average molecular weight is 278 g/mol. The number of para-hydroxylation sites is 1. The van der Waals surface area contributed by atoms with E-state index in [2.05, 4.69) is 11.9 Å². The number of unbranched alkanes of at least 4 members (excludes halogenated alkanes) is 1. The maximum absolute atomic E-state index is 13.8. The van der Waals surface area contributed by atoms with E-state index in [1.54, 1.807) is 6.07 Å². The SMILES string of the molecule is CCCn1c(CCCCC(=O)O)nc2c(F)cccc21. The van der Waals surface area contributed by atoms with Crippen LogP contribution in [0.2, 0.25) is 0 Å². The van der Waals surface area contributed by atoms with E-state index in [1.807, 2.05) is 10.6 Å². The molecule has 0 spiro atoms. The van der Waals surface area contributed by atoms with Crippen LogP contribution in [-0.2, 0) is 17.8 Å². The van der Waals surface area contributed by atoms with E-state index in [9.17, 15) is 9.18 Å². The van der Waals surface area contributed by atoms with Crippen molar-refractivity contribution in [2.24, 2.45) is 0 Å². The predicted molar refractivity (Wildman–Crippen MR) is 75.2 cm³/mol. The van der Waals surface area contributed by atoms with E-state index in [0.717, 1.165) is 30.7 Å². The Balaban J connectivity index is 2.20. The van der Waals surface area contributed by atoms with Gasteiger partial charge in [0.1, 0.15) is 11.3 Å². The summed E-state index contributed by atoms with van der Waals surface area (Å²) in [6.07, 6.45) is 3.17. The number of hydrogen-bond acceptors (Lipinski definition) is 2. The Morgan fingerprint density at radius 2 is 2.20 bits per heavy atom. The fourth-order valence-electron chi connectivity index (χ4n) is 2.38. The van der Waals surface area contributed by atoms with Crippen LogP contribution < -0.4 is 0 Å². The third kappa shape index (κ3) is 3.15. The van der Waals surface area contributed by atoms with Gasteiger partial charge in [-0.1, -0.05) is 13.0 Å². The van der Waals surface area contributed by atoms with E-state index >= 15 is 0 Å². The zero-order chi connectivity index (χ0) is 14.5. The van der Waals surface area contributed by atoms with Gasteiger partial charge in [-0.2, -0.15) is 0 Å². The monoisotopic (exact) mass is 278 g/mol. The molecule has 0 aliphatic rings. The lowest BCUT2D eigenvalue weighted by Gasteiger charge is -2.07. The molecule has 0 radical (unpaired) electrons. The van der Waals surface area contributed by atoms with Gasteiger partial charge >= 0.3 is 5.97 Å². The van der Waals surface area contributed by atoms with Gasteiger partial charge in [0, 0.05) is 19.4 Å². The van der Waals surface area contributed by atoms with Crippen molar-refractivity contribution in [2.75, 3.05) is 0 Å². The van der Waals surface area contributed by atoms with Gasteiger partial charge in [0.25, 0.3) is 0 Å². The molecule has 1 aromatic carbocycles. The number of carboxylic acids is 1. The van der Waals surface area contributed by atoms with Crippen molar-refractivity contribution in [3.8, 4) is 0 Å². The Morgan fingerprint density at radius 1 is 1.40 bits per heavy atom. The number of aryl methyl sites for hydroxylation is 2. The molecule has 4 nitrogen and oxygen atoms in total. The molecule has 1 aromatic heterocycles. The van der Waals surface area contributed by atoms with Crippen LogP contribution in [0.25, 0.3) is 11.0 Å². The van der Waals surface area contributed by atoms with Crippen LogP contribution in [0.4, 0.5) is 4.39 Å². The second kappa shape index (κ2) is 6.50. The van der Waals surface area contributed by atoms with Gasteiger partial charge in [-0.3, -0.25) is 4.79 Å². The van der Waals surface area contributed by atoms with E-state index in [4.69, 9.17) is 5.11 Å². The highest BCUT2D eigenvalue weighted by Crippen LogP contribution is 2.21. The second-order valence-electron chi connectivity index (χ2n) is 4.89. The summed E-state index contributed by atoms with van der Waals surface area (Å²) in [6.45, 7) is 2.87. The molecule has 0 bridgehead atoms. The first kappa shape index (κ1) is 14.5. The minimum absolute atomic E-state index is 0.169. The minimum atomic E-state index is -0.780. The molecular weight excluding hydrogens is 259 g/mol. The smallest absolute Gasteiger partial charge is 0.303 e. The van der Waals surface area contributed by atoms with Crippen molar-refractivity contribution in [2.45, 2.75) is 45.6 Å². The third-order valence-corrected chi connectivity index (χ3v) is 3.30. The quantitative estimate of drug-likeness (QED) is 0.790. The van der Waals surface area contributed by atoms with Crippen LogP contribution in [0, 0.1) is 5.82 Å². The summed E-state index contributed by atoms with van der Waals surface area (Å²) < 4.78 is 15.8. The zero-order valence-electron chi connectivity index (χ0n) is 11.6. The molecule has 0 saturated heterocycles. The number of aromatic nitrogens is 2. The number of aliphatic carboxylic acids is 1. The molecule has 0 aliphatic heterocycles. The molecule has 1 heterocycles. The van der Waals surface area contributed by atoms with E-state index in [1.165, 1.54) is 6.07 Å². The lowest BCUT2D eigenvalue weighted by molar-refractivity contribution is -0.137. The van der Waals surface area contributed by atoms with E-state index in [0.29, 0.717) is 18.4 Å². The molecule has 108 valence electrons. The summed E-state index contributed by atoms with van der Waals surface area (Å²) in [4.78, 5) is 14.9. The van der Waals surface area contributed by atoms with Crippen molar-refractivity contribution >= 4 is 17.0 Å². The Bertz CT molecular complexity index is 607. The summed E-state index contributed by atoms with van der Waals surface area (Å²) in [5.74, 6) is -0.236. The Morgan fingerprint density at radius 3 is 2.90 bits per heavy atom. The summed E-state index contributed by atoms with van der Waals surface area (Å²) in [6, 6.07) is 4.99. The lowest BCUT2D eigenvalue weighted by atomic mass is 10.2. The summed E-state index contributed by atoms with van der Waals surface area (Å²) in [7, 11) is 0. The largest absolute Gasteiger partial charge is 0.481 e. The highest BCUT2D eigenvalue weighted by atomic mass is 19.1. The summed E-state index contributed by atoms with van der Waals surface area (Å²) in [5, 5.41) is 8.63. The predicted octanol–water partition coefficient (Wildman–Crippen LogP) is 3.38. The van der Waals surface area contributed by atoms with Crippen LogP contribution in [0.15, 0.2) is 18.2 Å². The first-order valence-electron chi connectivity index (χ1n) is 6.99. The topological polar surface area (TPSA) is 55.1 Å². The number of benzene rings is 1. The highest BCUT2D eigenvalue weighted by molar-refractivity contribution is 5.76. The molecule has 0 fully saturated rings. The van der Waals surface area contributed by atoms with Gasteiger partial charge in [-0.05, 0) is 31.4 Å². The zero-order valence-corrected chi connectivity index (χ0v) is 11.6. The minimum Gasteiger partial charge on any atom is -0.481 e. The van der Waals surface area contributed by atoms with Crippen molar-refractivity contribution < 1.29 is 14.3 Å². The van der Waals surface area contributed by atoms with Crippen LogP contribution in [0.1, 0.15) is 38.4 Å². The van der Waals surface area contributed by atoms with Crippen LogP contribution in [0.3, 0.4) is 0 Å². The number of imidazole rings is 1. The summed E-state index contributed by atoms with van der Waals surface area (Å²) >= 11 is 0. The van der Waals surface area contributed by atoms with E-state index in [-0.39, 0.29) is 12.2 Å². The number of fused-ring (bicyclic) bond motifs is 1. The molecule has 0 atom stereocenters. The van der Waals surface area contributed by atoms with Gasteiger partial charge in [-0.25, -0.2) is 9.37 Å². The Kier molecular flexibility index (Phi) is 4.71. The number of halogens is 1. The first-order chi connectivity index (χ1) is 9.63. The molecule has 2 aromatic rings. The Hall–Kier alpha value is -1.91. The molecule has 0 amide bonds. The fraction of sp³-hybridized carbons (Fsp3) is 0.467. The maximum atomic E-state index is 13.8. The van der Waals surface area contributed by atoms with Crippen LogP contribution >= 0.6 is 0 Å². The number of carboxylic acid groups (broad SMARTS) is 1. The van der Waals surface area contributed by atoms with E-state index < -0.39 is 5.97 Å². The number of nitrogens with zero attached hydrogens (tertiary/aromatic N) is 2. The first-order valence-corrected chi connectivity index (χ1v) is 6.99. The molecule has 0 unspecified atom stereocenters. The van der Waals surface area contributed by atoms with Gasteiger partial charge in [-0.15, -0.1) is 0 Å². The lowest BCUT2D eigenvalue weighted by Crippen LogP contribution is -2.04. The van der Waals surface area contributed by atoms with Crippen LogP contribution in [0.5, 0.6) is 0 Å². The molecule has 0 saturated carbocycles. The van der Waals surface area contributed by atoms with Gasteiger partial charge < -0.3 is 9.67 Å². The van der Waals surface area contributed by atoms with Crippen molar-refractivity contribution in [3.63, 3.8) is 0 Å². The molecule has 5 heteroatoms. The van der Waals surface area contributed by atoms with Gasteiger partial charge in [0.2, 0.25) is 0 Å². The third-order valence-electron chi connectivity index (χ3n) is 3.30. The molecular formula is C15H19FN2O2. The van der Waals surface area contributed by atoms with Gasteiger partial charge in [0.05, 0.1) is 5.52 Å². The standard InChI is InChI=1S/C15H19FN2O2/c1-2-10-18-12-7-5-6-11(16)15(12)17-13(18)8-3-4-9-14(19)20/h5-7H,2-4,8-10H2,1H3,(H,19,20). The van der Waals surface area contributed by atoms with Crippen molar-refractivity contribution in [1.29, 1.82) is 0 Å². The number of carbonyl (C=O) groups is 1. The second-order valence-corrected chi connectivity index (χ2v) is 4.89. The van der Waals surface area contributed by atoms with Crippen LogP contribution in [-0.4, -0.2) is 20.6 Å². The number of rotatable bonds is 7. The molecule has 0 aliphatic carbocycles. The molecule has 20 heavy (non-hydrogen) atoms. The average Bonchev–Trinajstić information content (AvgIpc) is 2.75. The fourth-order valence-corrected chi connectivity index (χ4v) is 2.38. The molecule has 1 N–H and O–H groups in total. The Labute approximate surface area is 117 Å². The van der Waals surface area contributed by atoms with Crippen molar-refractivity contribution in [3.05, 3.63) is 29.8 Å². The highest BCUT2D eigenvalue weighted by Gasteiger charge is 2.12. The normalized spacial score (nSPS) is 11.1. The molecule has 2 rings (SSSR count). The van der Waals surface area contributed by atoms with Gasteiger partial charge in [0.15, 0.2) is 5.82 Å². The van der Waals surface area contributed by atoms with Crippen molar-refractivity contribution in [1.82, 2.24) is 9.55 Å². The maximum Gasteiger partial charge on any atom is 0.303 e.